The van der Waals surface area contributed by atoms with Crippen molar-refractivity contribution in [2.45, 2.75) is 19.9 Å². The predicted molar refractivity (Wildman–Crippen MR) is 88.8 cm³/mol. The lowest BCUT2D eigenvalue weighted by atomic mass is 9.81. The van der Waals surface area contributed by atoms with E-state index in [1.165, 1.54) is 9.80 Å². The van der Waals surface area contributed by atoms with E-state index in [0.717, 1.165) is 6.42 Å². The monoisotopic (exact) mass is 346 g/mol. The number of carbonyl (C=O) groups is 3. The number of hydrogen-bond donors (Lipinski definition) is 1. The van der Waals surface area contributed by atoms with Gasteiger partial charge in [0.15, 0.2) is 0 Å². The highest BCUT2D eigenvalue weighted by molar-refractivity contribution is 5.97. The molecule has 0 spiro atoms. The van der Waals surface area contributed by atoms with Crippen LogP contribution in [0.4, 0.5) is 0 Å². The summed E-state index contributed by atoms with van der Waals surface area (Å²) in [7, 11) is 0. The van der Waals surface area contributed by atoms with E-state index in [9.17, 15) is 19.5 Å². The zero-order valence-electron chi connectivity index (χ0n) is 14.2. The number of carboxylic acids is 1. The molecule has 0 aromatic carbocycles. The summed E-state index contributed by atoms with van der Waals surface area (Å²) in [6, 6.07) is 1.63. The van der Waals surface area contributed by atoms with Gasteiger partial charge in [-0.25, -0.2) is 0 Å². The van der Waals surface area contributed by atoms with E-state index in [1.54, 1.807) is 23.0 Å². The molecular weight excluding hydrogens is 324 g/mol. The van der Waals surface area contributed by atoms with Gasteiger partial charge >= 0.3 is 5.97 Å². The molecule has 2 aliphatic rings. The lowest BCUT2D eigenvalue weighted by Gasteiger charge is -2.24. The first-order valence-electron chi connectivity index (χ1n) is 8.38. The molecule has 3 rings (SSSR count). The number of nitrogens with zero attached hydrogens (tertiary/aromatic N) is 4. The second kappa shape index (κ2) is 6.34. The lowest BCUT2D eigenvalue weighted by molar-refractivity contribution is -0.149. The van der Waals surface area contributed by atoms with Crippen molar-refractivity contribution in [3.63, 3.8) is 0 Å². The summed E-state index contributed by atoms with van der Waals surface area (Å²) in [5, 5.41) is 13.9. The van der Waals surface area contributed by atoms with Crippen molar-refractivity contribution in [3.8, 4) is 0 Å². The molecule has 8 nitrogen and oxygen atoms in total. The van der Waals surface area contributed by atoms with Crippen molar-refractivity contribution in [2.75, 3.05) is 26.2 Å². The molecular formula is C17H22N4O4. The summed E-state index contributed by atoms with van der Waals surface area (Å²) in [6.45, 7) is 6.79. The van der Waals surface area contributed by atoms with Crippen LogP contribution in [0.5, 0.6) is 0 Å². The van der Waals surface area contributed by atoms with Crippen LogP contribution in [0.1, 0.15) is 23.8 Å². The molecule has 0 radical (unpaired) electrons. The van der Waals surface area contributed by atoms with Gasteiger partial charge in [-0.1, -0.05) is 13.0 Å². The van der Waals surface area contributed by atoms with E-state index in [1.807, 2.05) is 6.92 Å². The summed E-state index contributed by atoms with van der Waals surface area (Å²) in [6.07, 6.45) is 3.98. The second-order valence-corrected chi connectivity index (χ2v) is 6.65. The Bertz CT molecular complexity index is 728. The molecule has 0 saturated carbocycles. The molecule has 1 aromatic rings. The van der Waals surface area contributed by atoms with E-state index in [0.29, 0.717) is 18.8 Å². The van der Waals surface area contributed by atoms with E-state index in [2.05, 4.69) is 11.7 Å². The summed E-state index contributed by atoms with van der Waals surface area (Å²) in [4.78, 5) is 40.4. The maximum Gasteiger partial charge on any atom is 0.314 e. The molecule has 2 atom stereocenters. The summed E-state index contributed by atoms with van der Waals surface area (Å²) < 4.78 is 1.62. The fourth-order valence-corrected chi connectivity index (χ4v) is 3.84. The van der Waals surface area contributed by atoms with Gasteiger partial charge in [-0.2, -0.15) is 5.10 Å². The van der Waals surface area contributed by atoms with Crippen molar-refractivity contribution < 1.29 is 19.5 Å². The molecule has 2 amide bonds. The Labute approximate surface area is 145 Å². The molecule has 25 heavy (non-hydrogen) atoms. The summed E-state index contributed by atoms with van der Waals surface area (Å²) in [5.41, 5.74) is -0.816. The van der Waals surface area contributed by atoms with Gasteiger partial charge in [0.1, 0.15) is 11.1 Å². The number of fused-ring (bicyclic) bond motifs is 1. The Morgan fingerprint density at radius 2 is 2.24 bits per heavy atom. The van der Waals surface area contributed by atoms with E-state index in [4.69, 9.17) is 0 Å². The Kier molecular flexibility index (Phi) is 4.36. The fourth-order valence-electron chi connectivity index (χ4n) is 3.84. The normalized spacial score (nSPS) is 25.3. The molecule has 2 aliphatic heterocycles. The van der Waals surface area contributed by atoms with Gasteiger partial charge in [-0.15, -0.1) is 6.58 Å². The Hall–Kier alpha value is -2.64. The van der Waals surface area contributed by atoms with E-state index >= 15 is 0 Å². The molecule has 8 heteroatoms. The maximum atomic E-state index is 12.8. The van der Waals surface area contributed by atoms with Crippen molar-refractivity contribution in [1.29, 1.82) is 0 Å². The fraction of sp³-hybridized carbons (Fsp3) is 0.529. The average Bonchev–Trinajstić information content (AvgIpc) is 3.24. The van der Waals surface area contributed by atoms with Gasteiger partial charge in [0.2, 0.25) is 5.91 Å². The minimum absolute atomic E-state index is 0.0303. The molecule has 0 aliphatic carbocycles. The van der Waals surface area contributed by atoms with Crippen LogP contribution < -0.4 is 0 Å². The number of amides is 2. The molecule has 0 unspecified atom stereocenters. The van der Waals surface area contributed by atoms with Crippen molar-refractivity contribution >= 4 is 17.8 Å². The Morgan fingerprint density at radius 3 is 2.84 bits per heavy atom. The van der Waals surface area contributed by atoms with E-state index < -0.39 is 17.3 Å². The standard InChI is InChI=1S/C17H22N4O4/c1-3-7-19-10-17(16(24)25)11-20(9-12(17)14(19)22)15(23)13-5-6-18-21(13)8-4-2/h3,5-6,12H,1,4,7-11H2,2H3,(H,24,25)/t12-,17+/m0/s1. The van der Waals surface area contributed by atoms with Crippen molar-refractivity contribution in [3.05, 3.63) is 30.6 Å². The largest absolute Gasteiger partial charge is 0.481 e. The third-order valence-corrected chi connectivity index (χ3v) is 5.06. The zero-order valence-corrected chi connectivity index (χ0v) is 14.2. The van der Waals surface area contributed by atoms with Gasteiger partial charge in [-0.3, -0.25) is 19.1 Å². The quantitative estimate of drug-likeness (QED) is 0.755. The van der Waals surface area contributed by atoms with Crippen LogP contribution in [0.2, 0.25) is 0 Å². The number of aryl methyl sites for hydroxylation is 1. The van der Waals surface area contributed by atoms with Gasteiger partial charge in [0.25, 0.3) is 5.91 Å². The van der Waals surface area contributed by atoms with Crippen LogP contribution in [-0.2, 0) is 16.1 Å². The number of carbonyl (C=O) groups excluding carboxylic acids is 2. The van der Waals surface area contributed by atoms with E-state index in [-0.39, 0.29) is 31.4 Å². The highest BCUT2D eigenvalue weighted by Gasteiger charge is 2.62. The van der Waals surface area contributed by atoms with Crippen LogP contribution in [0, 0.1) is 11.3 Å². The third kappa shape index (κ3) is 2.61. The number of hydrogen-bond acceptors (Lipinski definition) is 4. The predicted octanol–water partition coefficient (Wildman–Crippen LogP) is 0.464. The smallest absolute Gasteiger partial charge is 0.314 e. The molecule has 3 heterocycles. The molecule has 1 N–H and O–H groups in total. The number of carboxylic acid groups (broad SMARTS) is 1. The summed E-state index contributed by atoms with van der Waals surface area (Å²) in [5.74, 6) is -2.24. The molecule has 134 valence electrons. The van der Waals surface area contributed by atoms with Crippen LogP contribution >= 0.6 is 0 Å². The molecule has 2 fully saturated rings. The molecule has 1 aromatic heterocycles. The first-order valence-corrected chi connectivity index (χ1v) is 8.38. The SMILES string of the molecule is C=CCN1C[C@@]2(C(=O)O)CN(C(=O)c3ccnn3CCC)C[C@H]2C1=O. The van der Waals surface area contributed by atoms with Crippen molar-refractivity contribution in [1.82, 2.24) is 19.6 Å². The first kappa shape index (κ1) is 17.2. The van der Waals surface area contributed by atoms with Gasteiger partial charge in [0, 0.05) is 38.9 Å². The molecule has 0 bridgehead atoms. The van der Waals surface area contributed by atoms with Gasteiger partial charge < -0.3 is 14.9 Å². The van der Waals surface area contributed by atoms with Crippen molar-refractivity contribution in [2.24, 2.45) is 11.3 Å². The number of rotatable bonds is 6. The first-order chi connectivity index (χ1) is 11.9. The van der Waals surface area contributed by atoms with Gasteiger partial charge in [0.05, 0.1) is 5.92 Å². The Morgan fingerprint density at radius 1 is 1.48 bits per heavy atom. The second-order valence-electron chi connectivity index (χ2n) is 6.65. The Balaban J connectivity index is 1.85. The van der Waals surface area contributed by atoms with Gasteiger partial charge in [-0.05, 0) is 12.5 Å². The molecule has 2 saturated heterocycles. The highest BCUT2D eigenvalue weighted by atomic mass is 16.4. The number of aromatic nitrogens is 2. The minimum atomic E-state index is -1.24. The number of aliphatic carboxylic acids is 1. The third-order valence-electron chi connectivity index (χ3n) is 5.06. The van der Waals surface area contributed by atoms with Crippen LogP contribution in [0.25, 0.3) is 0 Å². The summed E-state index contributed by atoms with van der Waals surface area (Å²) >= 11 is 0. The van der Waals surface area contributed by atoms with Crippen LogP contribution in [0.15, 0.2) is 24.9 Å². The van der Waals surface area contributed by atoms with Crippen LogP contribution in [0.3, 0.4) is 0 Å². The highest BCUT2D eigenvalue weighted by Crippen LogP contribution is 2.44. The maximum absolute atomic E-state index is 12.8. The average molecular weight is 346 g/mol. The van der Waals surface area contributed by atoms with Crippen LogP contribution in [-0.4, -0.2) is 68.6 Å². The zero-order chi connectivity index (χ0) is 18.2. The number of likely N-dealkylation sites (tertiary alicyclic amines) is 2. The minimum Gasteiger partial charge on any atom is -0.481 e. The topological polar surface area (TPSA) is 95.7 Å². The lowest BCUT2D eigenvalue weighted by Crippen LogP contribution is -2.42.